The monoisotopic (exact) mass is 1160 g/mol. The maximum Gasteiger partial charge on any atom is 0.246 e. The van der Waals surface area contributed by atoms with E-state index in [1.165, 1.54) is 52.5 Å². The van der Waals surface area contributed by atoms with Gasteiger partial charge in [0.1, 0.15) is 46.8 Å². The summed E-state index contributed by atoms with van der Waals surface area (Å²) in [5.41, 5.74) is -4.73. The van der Waals surface area contributed by atoms with Crippen molar-refractivity contribution >= 4 is 59.1 Å². The molecule has 22 nitrogen and oxygen atoms in total. The number of carbonyl (C=O) groups is 10. The van der Waals surface area contributed by atoms with E-state index < -0.39 is 106 Å². The Bertz CT molecular complexity index is 2140. The first-order valence-corrected chi connectivity index (χ1v) is 30.1. The molecule has 0 saturated carbocycles. The van der Waals surface area contributed by atoms with Gasteiger partial charge in [0.05, 0.1) is 6.10 Å². The molecule has 1 aliphatic heterocycles. The molecular formula is C60H109N11O11. The Morgan fingerprint density at radius 1 is 0.622 bits per heavy atom. The van der Waals surface area contributed by atoms with Crippen LogP contribution in [0.1, 0.15) is 194 Å². The summed E-state index contributed by atoms with van der Waals surface area (Å²) >= 11 is 0. The third kappa shape index (κ3) is 26.7. The van der Waals surface area contributed by atoms with Gasteiger partial charge < -0.3 is 62.8 Å². The van der Waals surface area contributed by atoms with E-state index in [1.807, 2.05) is 67.5 Å². The van der Waals surface area contributed by atoms with E-state index in [1.54, 1.807) is 19.9 Å². The molecule has 10 amide bonds. The number of aliphatic hydroxyl groups is 1. The molecule has 1 heterocycles. The highest BCUT2D eigenvalue weighted by Crippen LogP contribution is 2.21. The Hall–Kier alpha value is -5.64. The molecule has 0 aromatic carbocycles. The number of hydrogen-bond acceptors (Lipinski definition) is 12. The third-order valence-electron chi connectivity index (χ3n) is 14.5. The van der Waals surface area contributed by atoms with Gasteiger partial charge in [-0.2, -0.15) is 0 Å². The Kier molecular flexibility index (Phi) is 32.2. The normalized spacial score (nSPS) is 16.6. The van der Waals surface area contributed by atoms with E-state index in [9.17, 15) is 53.1 Å². The van der Waals surface area contributed by atoms with Gasteiger partial charge in [-0.1, -0.05) is 113 Å². The van der Waals surface area contributed by atoms with Crippen molar-refractivity contribution in [1.29, 1.82) is 0 Å². The highest BCUT2D eigenvalue weighted by molar-refractivity contribution is 6.00. The average Bonchev–Trinajstić information content (AvgIpc) is 4.02. The molecule has 470 valence electrons. The van der Waals surface area contributed by atoms with E-state index in [2.05, 4.69) is 54.8 Å². The molecule has 0 aromatic rings. The number of carbonyl (C=O) groups excluding carboxylic acids is 10. The Morgan fingerprint density at radius 3 is 1.70 bits per heavy atom. The zero-order valence-electron chi connectivity index (χ0n) is 53.2. The molecule has 1 saturated heterocycles. The molecule has 0 aromatic heterocycles. The number of aliphatic hydroxyl groups excluding tert-OH is 1. The minimum atomic E-state index is -1.68. The van der Waals surface area contributed by atoms with Crippen molar-refractivity contribution in [2.75, 3.05) is 33.7 Å². The predicted octanol–water partition coefficient (Wildman–Crippen LogP) is 3.64. The van der Waals surface area contributed by atoms with Crippen LogP contribution in [-0.2, 0) is 47.9 Å². The van der Waals surface area contributed by atoms with Crippen LogP contribution in [0.5, 0.6) is 0 Å². The summed E-state index contributed by atoms with van der Waals surface area (Å²) in [6, 6.07) is -6.06. The molecule has 0 aliphatic carbocycles. The van der Waals surface area contributed by atoms with Crippen molar-refractivity contribution < 1.29 is 53.1 Å². The van der Waals surface area contributed by atoms with Crippen LogP contribution in [0.2, 0.25) is 0 Å². The molecule has 0 radical (unpaired) electrons. The number of allylic oxidation sites excluding steroid dienone is 1. The van der Waals surface area contributed by atoms with Gasteiger partial charge >= 0.3 is 0 Å². The maximum absolute atomic E-state index is 14.4. The number of amides is 10. The molecule has 82 heavy (non-hydrogen) atoms. The van der Waals surface area contributed by atoms with Gasteiger partial charge in [-0.3, -0.25) is 47.9 Å². The van der Waals surface area contributed by atoms with Gasteiger partial charge in [0.15, 0.2) is 0 Å². The molecular weight excluding hydrogens is 1050 g/mol. The lowest BCUT2D eigenvalue weighted by Crippen LogP contribution is -2.65. The molecule has 7 unspecified atom stereocenters. The number of likely N-dealkylation sites (N-methyl/N-ethyl adjacent to an activating group) is 1. The Labute approximate surface area is 490 Å². The van der Waals surface area contributed by atoms with Gasteiger partial charge in [0.25, 0.3) is 0 Å². The summed E-state index contributed by atoms with van der Waals surface area (Å²) in [5.74, 6) is -6.69. The number of hydrogen-bond donors (Lipinski definition) is 10. The summed E-state index contributed by atoms with van der Waals surface area (Å²) in [6.45, 7) is 28.6. The fourth-order valence-corrected chi connectivity index (χ4v) is 9.25. The van der Waals surface area contributed by atoms with Gasteiger partial charge in [-0.05, 0) is 124 Å². The van der Waals surface area contributed by atoms with Crippen LogP contribution in [0.25, 0.3) is 0 Å². The Morgan fingerprint density at radius 2 is 1.15 bits per heavy atom. The average molecular weight is 1160 g/mol. The molecule has 10 N–H and O–H groups in total. The number of unbranched alkanes of at least 4 members (excludes halogenated alkanes) is 5. The number of likely N-dealkylation sites (tertiary alicyclic amines) is 1. The second-order valence-electron chi connectivity index (χ2n) is 25.7. The third-order valence-corrected chi connectivity index (χ3v) is 14.5. The van der Waals surface area contributed by atoms with Crippen molar-refractivity contribution in [1.82, 2.24) is 57.7 Å². The van der Waals surface area contributed by atoms with Gasteiger partial charge in [-0.25, -0.2) is 0 Å². The first-order chi connectivity index (χ1) is 38.0. The lowest BCUT2D eigenvalue weighted by atomic mass is 9.96. The molecule has 1 fully saturated rings. The van der Waals surface area contributed by atoms with Crippen LogP contribution < -0.4 is 47.9 Å². The lowest BCUT2D eigenvalue weighted by molar-refractivity contribution is -0.140. The molecule has 0 bridgehead atoms. The minimum Gasteiger partial charge on any atom is -0.390 e. The Balaban J connectivity index is 3.34. The molecule has 1 aliphatic rings. The summed E-state index contributed by atoms with van der Waals surface area (Å²) < 4.78 is 0. The summed E-state index contributed by atoms with van der Waals surface area (Å²) in [7, 11) is 3.79. The molecule has 8 atom stereocenters. The highest BCUT2D eigenvalue weighted by atomic mass is 16.3. The molecule has 1 rings (SSSR count). The van der Waals surface area contributed by atoms with Crippen molar-refractivity contribution in [3.8, 4) is 0 Å². The van der Waals surface area contributed by atoms with Crippen molar-refractivity contribution in [3.05, 3.63) is 12.2 Å². The minimum absolute atomic E-state index is 0.0233. The van der Waals surface area contributed by atoms with Crippen molar-refractivity contribution in [2.24, 2.45) is 23.7 Å². The van der Waals surface area contributed by atoms with Crippen LogP contribution in [-0.4, -0.2) is 167 Å². The van der Waals surface area contributed by atoms with E-state index in [-0.39, 0.29) is 67.8 Å². The van der Waals surface area contributed by atoms with Gasteiger partial charge in [0, 0.05) is 32.1 Å². The van der Waals surface area contributed by atoms with Crippen LogP contribution in [0, 0.1) is 23.7 Å². The first-order valence-electron chi connectivity index (χ1n) is 30.1. The summed E-state index contributed by atoms with van der Waals surface area (Å²) in [5, 5.41) is 36.2. The van der Waals surface area contributed by atoms with E-state index >= 15 is 0 Å². The first kappa shape index (κ1) is 74.4. The zero-order valence-corrected chi connectivity index (χ0v) is 53.2. The van der Waals surface area contributed by atoms with E-state index in [4.69, 9.17) is 0 Å². The fraction of sp³-hybridized carbons (Fsp3) is 0.800. The van der Waals surface area contributed by atoms with E-state index in [0.29, 0.717) is 32.4 Å². The van der Waals surface area contributed by atoms with Crippen LogP contribution in [0.3, 0.4) is 0 Å². The quantitative estimate of drug-likeness (QED) is 0.0315. The van der Waals surface area contributed by atoms with Crippen molar-refractivity contribution in [2.45, 2.75) is 253 Å². The number of rotatable bonds is 37. The SMILES string of the molecule is CCCCCCCCC(NC(=O)C(NC(=O)[C@@H]1CCCN1C(=O)/C=C/C(C)CC)C(O)C(C)C)C(=O)NC(C)(C)C(=O)NC(CC(C)C)C(=O)NC(CC(C)C)C(=O)NC(C)(C)C(=O)NC(C)(C)C(=O)NCCC(=O)NC(C)CN(C)C. The zero-order chi connectivity index (χ0) is 62.9. The highest BCUT2D eigenvalue weighted by Gasteiger charge is 2.42. The van der Waals surface area contributed by atoms with Crippen LogP contribution in [0.15, 0.2) is 12.2 Å². The van der Waals surface area contributed by atoms with Gasteiger partial charge in [-0.15, -0.1) is 0 Å². The van der Waals surface area contributed by atoms with Gasteiger partial charge in [0.2, 0.25) is 59.1 Å². The second kappa shape index (κ2) is 35.5. The topological polar surface area (TPSA) is 306 Å². The number of nitrogens with zero attached hydrogens (tertiary/aromatic N) is 2. The summed E-state index contributed by atoms with van der Waals surface area (Å²) in [6.07, 6.45) is 9.35. The van der Waals surface area contributed by atoms with E-state index in [0.717, 1.165) is 38.5 Å². The van der Waals surface area contributed by atoms with Crippen LogP contribution in [0.4, 0.5) is 0 Å². The second-order valence-corrected chi connectivity index (χ2v) is 25.7. The standard InChI is InChI=1S/C60H109N11O11/c1-19-21-22-23-24-25-27-42(63-54(79)48(49(74)39(7)8)66-53(78)45-28-26-33-71(45)47(73)30-29-40(9)20-2)51(76)67-59(13,14)56(81)65-43(34-37(3)4)50(75)64-44(35-38(5)6)52(77)68-60(15,16)57(82)69-58(11,12)55(80)61-32-31-46(72)62-41(10)36-70(17)18/h29-30,37-45,48-49,74H,19-28,31-36H2,1-18H3,(H,61,80)(H,62,72)(H,63,79)(H,64,75)(H,65,81)(H,66,78)(H,67,76)(H,68,77)(H,69,82)/b30-29+/t40?,41?,42?,43?,44?,45-,48?,49?/m0/s1. The maximum atomic E-state index is 14.4. The number of nitrogens with one attached hydrogen (secondary N) is 9. The molecule has 0 spiro atoms. The van der Waals surface area contributed by atoms with Crippen LogP contribution >= 0.6 is 0 Å². The van der Waals surface area contributed by atoms with Crippen molar-refractivity contribution in [3.63, 3.8) is 0 Å². The largest absolute Gasteiger partial charge is 0.390 e. The smallest absolute Gasteiger partial charge is 0.246 e. The predicted molar refractivity (Wildman–Crippen MR) is 319 cm³/mol. The molecule has 22 heteroatoms. The summed E-state index contributed by atoms with van der Waals surface area (Å²) in [4.78, 5) is 141. The lowest BCUT2D eigenvalue weighted by Gasteiger charge is -2.34. The fourth-order valence-electron chi connectivity index (χ4n) is 9.25.